The molecule has 0 amide bonds. The molecule has 0 radical (unpaired) electrons. The van der Waals surface area contributed by atoms with Gasteiger partial charge in [0.05, 0.1) is 22.3 Å². The largest absolute Gasteiger partial charge is 0.339 e. The van der Waals surface area contributed by atoms with Gasteiger partial charge in [-0.3, -0.25) is 4.72 Å². The first-order chi connectivity index (χ1) is 17.8. The van der Waals surface area contributed by atoms with Crippen LogP contribution in [0.3, 0.4) is 0 Å². The first-order valence-corrected chi connectivity index (χ1v) is 14.1. The number of hydrogen-bond acceptors (Lipinski definition) is 9. The third-order valence-electron chi connectivity index (χ3n) is 6.40. The number of nitrogens with one attached hydrogen (secondary N) is 3. The van der Waals surface area contributed by atoms with Crippen molar-refractivity contribution in [3.63, 3.8) is 0 Å². The summed E-state index contributed by atoms with van der Waals surface area (Å²) < 4.78 is 41.5. The molecular formula is C25H32ClFN8O2S. The number of pyridine rings is 2. The van der Waals surface area contributed by atoms with E-state index in [9.17, 15) is 12.8 Å². The summed E-state index contributed by atoms with van der Waals surface area (Å²) in [6, 6.07) is 2.90. The maximum Gasteiger partial charge on any atom is 0.237 e. The number of nitrogens with zero attached hydrogens (tertiary/aromatic N) is 5. The van der Waals surface area contributed by atoms with Crippen molar-refractivity contribution in [3.05, 3.63) is 52.8 Å². The highest BCUT2D eigenvalue weighted by molar-refractivity contribution is 7.94. The third-order valence-corrected chi connectivity index (χ3v) is 8.81. The first-order valence-electron chi connectivity index (χ1n) is 12.2. The summed E-state index contributed by atoms with van der Waals surface area (Å²) in [6.45, 7) is 8.43. The van der Waals surface area contributed by atoms with E-state index in [1.165, 1.54) is 18.3 Å². The van der Waals surface area contributed by atoms with Gasteiger partial charge in [-0.1, -0.05) is 11.6 Å². The van der Waals surface area contributed by atoms with Crippen LogP contribution in [0.1, 0.15) is 50.7 Å². The molecule has 13 heteroatoms. The van der Waals surface area contributed by atoms with Gasteiger partial charge in [-0.25, -0.2) is 27.8 Å². The number of halogens is 2. The number of hydrogen-bond donors (Lipinski definition) is 3. The molecule has 38 heavy (non-hydrogen) atoms. The van der Waals surface area contributed by atoms with Crippen LogP contribution in [0.15, 0.2) is 30.7 Å². The number of rotatable bonds is 7. The summed E-state index contributed by atoms with van der Waals surface area (Å²) in [5.41, 5.74) is 1.95. The molecule has 3 aromatic rings. The molecule has 10 nitrogen and oxygen atoms in total. The molecule has 0 bridgehead atoms. The van der Waals surface area contributed by atoms with Crippen molar-refractivity contribution in [2.75, 3.05) is 35.5 Å². The van der Waals surface area contributed by atoms with Gasteiger partial charge in [-0.05, 0) is 72.7 Å². The minimum atomic E-state index is -3.71. The Morgan fingerprint density at radius 1 is 1.05 bits per heavy atom. The van der Waals surface area contributed by atoms with Crippen LogP contribution >= 0.6 is 11.6 Å². The van der Waals surface area contributed by atoms with Crippen molar-refractivity contribution in [2.45, 2.75) is 51.2 Å². The van der Waals surface area contributed by atoms with Crippen LogP contribution < -0.4 is 15.4 Å². The number of anilines is 5. The minimum absolute atomic E-state index is 0.0157. The van der Waals surface area contributed by atoms with E-state index < -0.39 is 14.8 Å². The fourth-order valence-corrected chi connectivity index (χ4v) is 4.85. The van der Waals surface area contributed by atoms with Crippen molar-refractivity contribution in [1.29, 1.82) is 0 Å². The summed E-state index contributed by atoms with van der Waals surface area (Å²) in [6.07, 6.45) is 6.45. The van der Waals surface area contributed by atoms with E-state index in [0.29, 0.717) is 22.9 Å². The van der Waals surface area contributed by atoms with Gasteiger partial charge in [0.15, 0.2) is 5.15 Å². The minimum Gasteiger partial charge on any atom is -0.339 e. The van der Waals surface area contributed by atoms with Gasteiger partial charge >= 0.3 is 0 Å². The Morgan fingerprint density at radius 2 is 1.76 bits per heavy atom. The Balaban J connectivity index is 1.51. The predicted molar refractivity (Wildman–Crippen MR) is 149 cm³/mol. The Morgan fingerprint density at radius 3 is 2.42 bits per heavy atom. The first kappa shape index (κ1) is 27.9. The molecule has 0 spiro atoms. The summed E-state index contributed by atoms with van der Waals surface area (Å²) >= 11 is 6.14. The van der Waals surface area contributed by atoms with Gasteiger partial charge in [-0.2, -0.15) is 4.98 Å². The normalized spacial score (nSPS) is 15.3. The highest BCUT2D eigenvalue weighted by Crippen LogP contribution is 2.31. The Kier molecular flexibility index (Phi) is 8.05. The van der Waals surface area contributed by atoms with Gasteiger partial charge < -0.3 is 15.5 Å². The Hall–Kier alpha value is -3.09. The van der Waals surface area contributed by atoms with E-state index >= 15 is 0 Å². The van der Waals surface area contributed by atoms with E-state index in [0.717, 1.165) is 31.5 Å². The summed E-state index contributed by atoms with van der Waals surface area (Å²) in [5.74, 6) is 0.804. The predicted octanol–water partition coefficient (Wildman–Crippen LogP) is 5.20. The monoisotopic (exact) mass is 562 g/mol. The van der Waals surface area contributed by atoms with Crippen LogP contribution in [0.2, 0.25) is 5.15 Å². The van der Waals surface area contributed by atoms with Gasteiger partial charge in [-0.15, -0.1) is 0 Å². The van der Waals surface area contributed by atoms with E-state index in [1.807, 2.05) is 6.92 Å². The second-order valence-corrected chi connectivity index (χ2v) is 13.2. The van der Waals surface area contributed by atoms with Crippen molar-refractivity contribution >= 4 is 50.6 Å². The molecule has 1 fully saturated rings. The zero-order chi connectivity index (χ0) is 27.7. The molecule has 0 unspecified atom stereocenters. The topological polar surface area (TPSA) is 125 Å². The summed E-state index contributed by atoms with van der Waals surface area (Å²) in [4.78, 5) is 19.5. The van der Waals surface area contributed by atoms with Crippen LogP contribution in [0, 0.1) is 12.7 Å². The number of piperidine rings is 1. The van der Waals surface area contributed by atoms with Crippen LogP contribution in [-0.4, -0.2) is 58.1 Å². The van der Waals surface area contributed by atoms with Gasteiger partial charge in [0.1, 0.15) is 17.5 Å². The number of aryl methyl sites for hydroxylation is 1. The molecule has 0 saturated carbocycles. The average Bonchev–Trinajstić information content (AvgIpc) is 2.83. The lowest BCUT2D eigenvalue weighted by molar-refractivity contribution is 0.253. The highest BCUT2D eigenvalue weighted by Gasteiger charge is 2.30. The van der Waals surface area contributed by atoms with Crippen molar-refractivity contribution in [3.8, 4) is 0 Å². The van der Waals surface area contributed by atoms with Gasteiger partial charge in [0, 0.05) is 29.6 Å². The third kappa shape index (κ3) is 6.48. The van der Waals surface area contributed by atoms with E-state index in [1.54, 1.807) is 33.2 Å². The molecule has 1 aliphatic rings. The van der Waals surface area contributed by atoms with Crippen LogP contribution in [0.4, 0.5) is 33.3 Å². The lowest BCUT2D eigenvalue weighted by Crippen LogP contribution is -2.33. The fourth-order valence-electron chi connectivity index (χ4n) is 3.90. The second kappa shape index (κ2) is 11.0. The van der Waals surface area contributed by atoms with Crippen molar-refractivity contribution < 1.29 is 12.8 Å². The smallest absolute Gasteiger partial charge is 0.237 e. The molecule has 0 atom stereocenters. The fraction of sp³-hybridized carbons (Fsp3) is 0.440. The number of sulfonamides is 1. The SMILES string of the molecule is Cc1cnc(Nc2cc(F)c(C3CCN(C)CC3)cn2)nc1Nc1cnc(Cl)c(NS(=O)(=O)C(C)(C)C)c1. The molecule has 4 rings (SSSR count). The Labute approximate surface area is 227 Å². The molecule has 3 N–H and O–H groups in total. The average molecular weight is 563 g/mol. The lowest BCUT2D eigenvalue weighted by atomic mass is 9.90. The van der Waals surface area contributed by atoms with E-state index in [4.69, 9.17) is 11.6 Å². The zero-order valence-electron chi connectivity index (χ0n) is 22.0. The second-order valence-electron chi connectivity index (χ2n) is 10.4. The molecule has 0 aromatic carbocycles. The standard InChI is InChI=1S/C25H32ClFN8O2S/c1-15-12-30-24(32-21-11-19(27)18(14-28-21)16-6-8-35(5)9-7-16)33-23(15)31-17-10-20(22(26)29-13-17)34-38(36,37)25(2,3)4/h10-14,16,34H,6-9H2,1-5H3,(H2,28,30,31,32,33). The molecule has 3 aromatic heterocycles. The van der Waals surface area contributed by atoms with Crippen molar-refractivity contribution in [2.24, 2.45) is 0 Å². The maximum atomic E-state index is 14.9. The van der Waals surface area contributed by atoms with E-state index in [-0.39, 0.29) is 28.5 Å². The molecule has 4 heterocycles. The quantitative estimate of drug-likeness (QED) is 0.333. The highest BCUT2D eigenvalue weighted by atomic mass is 35.5. The zero-order valence-corrected chi connectivity index (χ0v) is 23.6. The summed E-state index contributed by atoms with van der Waals surface area (Å²) in [7, 11) is -1.64. The van der Waals surface area contributed by atoms with Crippen LogP contribution in [-0.2, 0) is 10.0 Å². The molecule has 204 valence electrons. The van der Waals surface area contributed by atoms with Crippen molar-refractivity contribution in [1.82, 2.24) is 24.8 Å². The Bertz CT molecular complexity index is 1420. The van der Waals surface area contributed by atoms with Gasteiger partial charge in [0.2, 0.25) is 16.0 Å². The van der Waals surface area contributed by atoms with Crippen LogP contribution in [0.25, 0.3) is 0 Å². The van der Waals surface area contributed by atoms with Crippen LogP contribution in [0.5, 0.6) is 0 Å². The maximum absolute atomic E-state index is 14.9. The number of aromatic nitrogens is 4. The molecular weight excluding hydrogens is 531 g/mol. The molecule has 1 aliphatic heterocycles. The lowest BCUT2D eigenvalue weighted by Gasteiger charge is -2.29. The molecule has 1 saturated heterocycles. The molecule has 0 aliphatic carbocycles. The van der Waals surface area contributed by atoms with E-state index in [2.05, 4.69) is 47.2 Å². The number of likely N-dealkylation sites (tertiary alicyclic amines) is 1. The summed E-state index contributed by atoms with van der Waals surface area (Å²) in [5, 5.41) is 6.08. The van der Waals surface area contributed by atoms with Gasteiger partial charge in [0.25, 0.3) is 0 Å².